The molecule has 2 bridgehead atoms. The normalized spacial score (nSPS) is 29.9. The number of methoxy groups -OCH3 is 1. The Hall–Kier alpha value is -2.89. The van der Waals surface area contributed by atoms with E-state index in [1.165, 1.54) is 18.5 Å². The van der Waals surface area contributed by atoms with E-state index in [2.05, 4.69) is 49.5 Å². The zero-order valence-corrected chi connectivity index (χ0v) is 18.4. The van der Waals surface area contributed by atoms with E-state index in [-0.39, 0.29) is 5.41 Å². The lowest BCUT2D eigenvalue weighted by Gasteiger charge is -2.53. The topological polar surface area (TPSA) is 85.5 Å². The molecule has 3 aromatic rings. The van der Waals surface area contributed by atoms with Crippen molar-refractivity contribution < 1.29 is 4.74 Å². The fraction of sp³-hybridized carbons (Fsp3) is 0.542. The van der Waals surface area contributed by atoms with Gasteiger partial charge in [0.2, 0.25) is 0 Å². The van der Waals surface area contributed by atoms with E-state index in [1.807, 2.05) is 23.1 Å². The third-order valence-corrected chi connectivity index (χ3v) is 7.89. The van der Waals surface area contributed by atoms with Crippen molar-refractivity contribution in [2.24, 2.45) is 5.41 Å². The molecule has 2 unspecified atom stereocenters. The van der Waals surface area contributed by atoms with Crippen LogP contribution in [-0.2, 0) is 4.74 Å². The summed E-state index contributed by atoms with van der Waals surface area (Å²) in [5.74, 6) is 0. The van der Waals surface area contributed by atoms with Crippen molar-refractivity contribution in [2.45, 2.75) is 50.2 Å². The van der Waals surface area contributed by atoms with Crippen LogP contribution in [0.4, 0.5) is 5.69 Å². The van der Waals surface area contributed by atoms with Crippen LogP contribution in [0, 0.1) is 16.7 Å². The molecule has 0 radical (unpaired) electrons. The molecule has 0 amide bonds. The Labute approximate surface area is 187 Å². The van der Waals surface area contributed by atoms with E-state index in [0.717, 1.165) is 49.0 Å². The zero-order valence-electron chi connectivity index (χ0n) is 18.4. The third kappa shape index (κ3) is 3.11. The molecule has 0 aromatic carbocycles. The molecule has 3 aliphatic rings. The molecular weight excluding hydrogens is 402 g/mol. The summed E-state index contributed by atoms with van der Waals surface area (Å²) in [5, 5.41) is 21.3. The van der Waals surface area contributed by atoms with Crippen molar-refractivity contribution in [3.8, 4) is 17.2 Å². The lowest BCUT2D eigenvalue weighted by atomic mass is 9.63. The van der Waals surface area contributed by atoms with Crippen LogP contribution in [0.15, 0.2) is 36.9 Å². The standard InChI is InChI=1S/C24H29N7O/c1-32-7-5-24(16-25)9-21(10-24)31-19-2-3-20(31)15-29(14-19)22-4-6-28-30-13-17(8-23(22)30)18-11-26-27-12-18/h4,6,8,11-13,19-21H,2-3,5,7,9-10,14-15H2,1H3,(H,26,27). The van der Waals surface area contributed by atoms with Gasteiger partial charge < -0.3 is 9.64 Å². The Balaban J connectivity index is 1.21. The number of aromatic nitrogens is 4. The van der Waals surface area contributed by atoms with Gasteiger partial charge >= 0.3 is 0 Å². The van der Waals surface area contributed by atoms with Crippen molar-refractivity contribution in [3.05, 3.63) is 36.9 Å². The summed E-state index contributed by atoms with van der Waals surface area (Å²) in [4.78, 5) is 5.31. The second-order valence-electron chi connectivity index (χ2n) is 9.70. The van der Waals surface area contributed by atoms with Crippen molar-refractivity contribution in [2.75, 3.05) is 31.7 Å². The lowest BCUT2D eigenvalue weighted by molar-refractivity contribution is -0.0146. The molecule has 2 aliphatic heterocycles. The third-order valence-electron chi connectivity index (χ3n) is 7.89. The molecule has 8 heteroatoms. The van der Waals surface area contributed by atoms with Crippen LogP contribution >= 0.6 is 0 Å². The zero-order chi connectivity index (χ0) is 21.7. The maximum atomic E-state index is 9.74. The highest BCUT2D eigenvalue weighted by Gasteiger charge is 2.52. The lowest BCUT2D eigenvalue weighted by Crippen LogP contribution is -2.62. The summed E-state index contributed by atoms with van der Waals surface area (Å²) in [7, 11) is 1.72. The van der Waals surface area contributed by atoms with Gasteiger partial charge in [0.15, 0.2) is 0 Å². The number of fused-ring (bicyclic) bond motifs is 3. The number of H-pyrrole nitrogens is 1. The first kappa shape index (κ1) is 19.8. The van der Waals surface area contributed by atoms with E-state index in [4.69, 9.17) is 4.74 Å². The van der Waals surface area contributed by atoms with Crippen LogP contribution in [0.25, 0.3) is 16.6 Å². The summed E-state index contributed by atoms with van der Waals surface area (Å²) >= 11 is 0. The largest absolute Gasteiger partial charge is 0.385 e. The number of nitrogens with one attached hydrogen (secondary N) is 1. The summed E-state index contributed by atoms with van der Waals surface area (Å²) < 4.78 is 7.23. The Kier molecular flexibility index (Phi) is 4.70. The highest BCUT2D eigenvalue weighted by atomic mass is 16.5. The molecule has 166 valence electrons. The van der Waals surface area contributed by atoms with Crippen molar-refractivity contribution in [1.29, 1.82) is 5.26 Å². The number of nitriles is 1. The molecule has 2 atom stereocenters. The minimum atomic E-state index is -0.177. The number of hydrogen-bond acceptors (Lipinski definition) is 6. The molecule has 1 aliphatic carbocycles. The van der Waals surface area contributed by atoms with E-state index in [1.54, 1.807) is 7.11 Å². The molecule has 8 nitrogen and oxygen atoms in total. The molecule has 1 saturated carbocycles. The average Bonchev–Trinajstić information content (AvgIpc) is 3.51. The van der Waals surface area contributed by atoms with Gasteiger partial charge in [-0.2, -0.15) is 15.5 Å². The van der Waals surface area contributed by atoms with Crippen LogP contribution in [0.2, 0.25) is 0 Å². The quantitative estimate of drug-likeness (QED) is 0.646. The second-order valence-corrected chi connectivity index (χ2v) is 9.70. The minimum Gasteiger partial charge on any atom is -0.385 e. The Morgan fingerprint density at radius 2 is 2.03 bits per heavy atom. The molecule has 32 heavy (non-hydrogen) atoms. The molecule has 3 aromatic heterocycles. The highest BCUT2D eigenvalue weighted by molar-refractivity contribution is 5.79. The molecule has 6 rings (SSSR count). The van der Waals surface area contributed by atoms with E-state index < -0.39 is 0 Å². The monoisotopic (exact) mass is 431 g/mol. The van der Waals surface area contributed by atoms with Gasteiger partial charge in [-0.1, -0.05) is 0 Å². The van der Waals surface area contributed by atoms with E-state index in [0.29, 0.717) is 24.7 Å². The molecular formula is C24H29N7O. The smallest absolute Gasteiger partial charge is 0.0886 e. The average molecular weight is 432 g/mol. The van der Waals surface area contributed by atoms with Crippen molar-refractivity contribution in [1.82, 2.24) is 24.7 Å². The predicted molar refractivity (Wildman–Crippen MR) is 121 cm³/mol. The highest BCUT2D eigenvalue weighted by Crippen LogP contribution is 2.50. The summed E-state index contributed by atoms with van der Waals surface area (Å²) in [5.41, 5.74) is 4.42. The number of hydrogen-bond donors (Lipinski definition) is 1. The van der Waals surface area contributed by atoms with Gasteiger partial charge in [0.1, 0.15) is 0 Å². The second kappa shape index (κ2) is 7.61. The van der Waals surface area contributed by atoms with Crippen molar-refractivity contribution in [3.63, 3.8) is 0 Å². The van der Waals surface area contributed by atoms with Crippen LogP contribution in [-0.4, -0.2) is 69.6 Å². The van der Waals surface area contributed by atoms with Gasteiger partial charge in [-0.15, -0.1) is 0 Å². The fourth-order valence-electron chi connectivity index (χ4n) is 6.26. The number of nitrogens with zero attached hydrogens (tertiary/aromatic N) is 6. The predicted octanol–water partition coefficient (Wildman–Crippen LogP) is 3.09. The molecule has 5 heterocycles. The fourth-order valence-corrected chi connectivity index (χ4v) is 6.26. The Morgan fingerprint density at radius 1 is 1.22 bits per heavy atom. The minimum absolute atomic E-state index is 0.177. The summed E-state index contributed by atoms with van der Waals surface area (Å²) in [6, 6.07) is 8.64. The number of aromatic amines is 1. The van der Waals surface area contributed by atoms with Gasteiger partial charge in [-0.3, -0.25) is 10.00 Å². The maximum absolute atomic E-state index is 9.74. The molecule has 2 saturated heterocycles. The first-order valence-corrected chi connectivity index (χ1v) is 11.6. The van der Waals surface area contributed by atoms with Crippen LogP contribution in [0.1, 0.15) is 32.1 Å². The number of rotatable bonds is 6. The Morgan fingerprint density at radius 3 is 2.72 bits per heavy atom. The molecule has 1 N–H and O–H groups in total. The van der Waals surface area contributed by atoms with Gasteiger partial charge in [-0.05, 0) is 44.2 Å². The first-order chi connectivity index (χ1) is 15.7. The van der Waals surface area contributed by atoms with Gasteiger partial charge in [0.25, 0.3) is 0 Å². The van der Waals surface area contributed by atoms with Crippen LogP contribution in [0.5, 0.6) is 0 Å². The number of anilines is 1. The molecule has 0 spiro atoms. The van der Waals surface area contributed by atoms with Gasteiger partial charge in [-0.25, -0.2) is 4.52 Å². The van der Waals surface area contributed by atoms with Crippen LogP contribution < -0.4 is 4.90 Å². The first-order valence-electron chi connectivity index (χ1n) is 11.6. The summed E-state index contributed by atoms with van der Waals surface area (Å²) in [6.45, 7) is 2.75. The SMILES string of the molecule is COCCC1(C#N)CC(N2C3CCC2CN(c2ccnn4cc(-c5cn[nH]c5)cc24)C3)C1. The number of ether oxygens (including phenoxy) is 1. The Bertz CT molecular complexity index is 1130. The number of piperazine rings is 1. The summed E-state index contributed by atoms with van der Waals surface area (Å²) in [6.07, 6.45) is 13.1. The van der Waals surface area contributed by atoms with Crippen molar-refractivity contribution >= 4 is 11.2 Å². The van der Waals surface area contributed by atoms with E-state index in [9.17, 15) is 5.26 Å². The maximum Gasteiger partial charge on any atom is 0.0886 e. The molecule has 3 fully saturated rings. The van der Waals surface area contributed by atoms with Gasteiger partial charge in [0, 0.05) is 74.6 Å². The van der Waals surface area contributed by atoms with Crippen LogP contribution in [0.3, 0.4) is 0 Å². The van der Waals surface area contributed by atoms with Gasteiger partial charge in [0.05, 0.1) is 28.9 Å². The van der Waals surface area contributed by atoms with E-state index >= 15 is 0 Å².